The van der Waals surface area contributed by atoms with E-state index in [0.29, 0.717) is 18.2 Å². The van der Waals surface area contributed by atoms with Crippen LogP contribution in [0.4, 0.5) is 10.3 Å². The van der Waals surface area contributed by atoms with Crippen molar-refractivity contribution in [2.24, 2.45) is 0 Å². The Kier molecular flexibility index (Phi) is 3.58. The van der Waals surface area contributed by atoms with Gasteiger partial charge in [0.25, 0.3) is 0 Å². The molecule has 20 heavy (non-hydrogen) atoms. The van der Waals surface area contributed by atoms with E-state index in [0.717, 1.165) is 24.2 Å². The van der Waals surface area contributed by atoms with E-state index in [2.05, 4.69) is 15.0 Å². The predicted octanol–water partition coefficient (Wildman–Crippen LogP) is 2.84. The molecule has 1 aromatic carbocycles. The molecule has 1 aromatic heterocycles. The molecular formula is C15H17FN4. The number of nitrogens with zero attached hydrogens (tertiary/aromatic N) is 3. The number of rotatable bonds is 3. The van der Waals surface area contributed by atoms with Crippen molar-refractivity contribution in [2.45, 2.75) is 38.0 Å². The quantitative estimate of drug-likeness (QED) is 0.933. The standard InChI is InChI=1S/C15H17FN4/c16-12-7-5-10(6-8-12)9-13-18-14(20-15(17)19-13)11-3-1-2-4-11/h5-8,11H,1-4,9H2,(H2,17,18,19,20). The summed E-state index contributed by atoms with van der Waals surface area (Å²) < 4.78 is 12.9. The fraction of sp³-hybridized carbons (Fsp3) is 0.400. The molecule has 0 aliphatic heterocycles. The second-order valence-electron chi connectivity index (χ2n) is 5.25. The minimum Gasteiger partial charge on any atom is -0.368 e. The van der Waals surface area contributed by atoms with Gasteiger partial charge in [0.15, 0.2) is 0 Å². The van der Waals surface area contributed by atoms with Gasteiger partial charge in [0.2, 0.25) is 5.95 Å². The van der Waals surface area contributed by atoms with Crippen LogP contribution in [-0.4, -0.2) is 15.0 Å². The summed E-state index contributed by atoms with van der Waals surface area (Å²) in [5.41, 5.74) is 6.75. The largest absolute Gasteiger partial charge is 0.368 e. The van der Waals surface area contributed by atoms with Crippen LogP contribution in [0.3, 0.4) is 0 Å². The third kappa shape index (κ3) is 2.92. The van der Waals surface area contributed by atoms with Crippen LogP contribution in [0, 0.1) is 5.82 Å². The first-order valence-corrected chi connectivity index (χ1v) is 6.95. The van der Waals surface area contributed by atoms with Gasteiger partial charge in [-0.05, 0) is 30.5 Å². The van der Waals surface area contributed by atoms with Crippen molar-refractivity contribution >= 4 is 5.95 Å². The molecule has 4 nitrogen and oxygen atoms in total. The molecule has 1 aliphatic carbocycles. The van der Waals surface area contributed by atoms with E-state index in [1.807, 2.05) is 0 Å². The summed E-state index contributed by atoms with van der Waals surface area (Å²) in [6.45, 7) is 0. The zero-order valence-electron chi connectivity index (χ0n) is 11.2. The number of nitrogens with two attached hydrogens (primary N) is 1. The summed E-state index contributed by atoms with van der Waals surface area (Å²) in [7, 11) is 0. The molecule has 5 heteroatoms. The number of hydrogen-bond donors (Lipinski definition) is 1. The monoisotopic (exact) mass is 272 g/mol. The molecular weight excluding hydrogens is 255 g/mol. The molecule has 2 aromatic rings. The lowest BCUT2D eigenvalue weighted by molar-refractivity contribution is 0.627. The van der Waals surface area contributed by atoms with Crippen LogP contribution in [0.15, 0.2) is 24.3 Å². The minimum absolute atomic E-state index is 0.240. The Hall–Kier alpha value is -2.04. The lowest BCUT2D eigenvalue weighted by Crippen LogP contribution is -2.10. The lowest BCUT2D eigenvalue weighted by atomic mass is 10.1. The van der Waals surface area contributed by atoms with Gasteiger partial charge < -0.3 is 5.73 Å². The first-order valence-electron chi connectivity index (χ1n) is 6.95. The van der Waals surface area contributed by atoms with Crippen LogP contribution in [0.25, 0.3) is 0 Å². The SMILES string of the molecule is Nc1nc(Cc2ccc(F)cc2)nc(C2CCCC2)n1. The summed E-state index contributed by atoms with van der Waals surface area (Å²) in [6, 6.07) is 6.37. The van der Waals surface area contributed by atoms with Crippen molar-refractivity contribution in [3.05, 3.63) is 47.3 Å². The molecule has 1 aliphatic rings. The number of halogens is 1. The maximum atomic E-state index is 12.9. The smallest absolute Gasteiger partial charge is 0.223 e. The van der Waals surface area contributed by atoms with Crippen molar-refractivity contribution in [1.29, 1.82) is 0 Å². The molecule has 0 atom stereocenters. The highest BCUT2D eigenvalue weighted by molar-refractivity contribution is 5.23. The second-order valence-corrected chi connectivity index (χ2v) is 5.25. The highest BCUT2D eigenvalue weighted by Crippen LogP contribution is 2.32. The third-order valence-corrected chi connectivity index (χ3v) is 3.71. The van der Waals surface area contributed by atoms with E-state index in [4.69, 9.17) is 5.73 Å². The van der Waals surface area contributed by atoms with Crippen molar-refractivity contribution in [3.63, 3.8) is 0 Å². The Morgan fingerprint density at radius 1 is 1.05 bits per heavy atom. The molecule has 0 saturated heterocycles. The van der Waals surface area contributed by atoms with Gasteiger partial charge in [0.1, 0.15) is 17.5 Å². The molecule has 1 saturated carbocycles. The van der Waals surface area contributed by atoms with E-state index >= 15 is 0 Å². The molecule has 0 radical (unpaired) electrons. The molecule has 0 bridgehead atoms. The second kappa shape index (κ2) is 5.53. The highest BCUT2D eigenvalue weighted by Gasteiger charge is 2.21. The zero-order chi connectivity index (χ0) is 13.9. The Labute approximate surface area is 117 Å². The molecule has 104 valence electrons. The Morgan fingerprint density at radius 3 is 2.45 bits per heavy atom. The topological polar surface area (TPSA) is 64.7 Å². The number of anilines is 1. The first-order chi connectivity index (χ1) is 9.70. The van der Waals surface area contributed by atoms with E-state index in [1.54, 1.807) is 12.1 Å². The van der Waals surface area contributed by atoms with Gasteiger partial charge in [-0.25, -0.2) is 9.37 Å². The van der Waals surface area contributed by atoms with Crippen LogP contribution in [0.2, 0.25) is 0 Å². The Balaban J connectivity index is 1.83. The fourth-order valence-corrected chi connectivity index (χ4v) is 2.69. The maximum absolute atomic E-state index is 12.9. The maximum Gasteiger partial charge on any atom is 0.223 e. The molecule has 0 spiro atoms. The van der Waals surface area contributed by atoms with Gasteiger partial charge in [0, 0.05) is 12.3 Å². The third-order valence-electron chi connectivity index (χ3n) is 3.71. The summed E-state index contributed by atoms with van der Waals surface area (Å²) in [6.07, 6.45) is 5.25. The van der Waals surface area contributed by atoms with Crippen LogP contribution in [-0.2, 0) is 6.42 Å². The first kappa shape index (κ1) is 13.0. The normalized spacial score (nSPS) is 15.7. The van der Waals surface area contributed by atoms with Crippen LogP contribution >= 0.6 is 0 Å². The molecule has 1 heterocycles. The number of aromatic nitrogens is 3. The van der Waals surface area contributed by atoms with Gasteiger partial charge >= 0.3 is 0 Å². The van der Waals surface area contributed by atoms with Crippen LogP contribution in [0.1, 0.15) is 48.8 Å². The van der Waals surface area contributed by atoms with Gasteiger partial charge in [-0.2, -0.15) is 9.97 Å². The van der Waals surface area contributed by atoms with Crippen LogP contribution in [0.5, 0.6) is 0 Å². The van der Waals surface area contributed by atoms with E-state index in [1.165, 1.54) is 25.0 Å². The molecule has 1 fully saturated rings. The van der Waals surface area contributed by atoms with Gasteiger partial charge in [-0.15, -0.1) is 0 Å². The average Bonchev–Trinajstić information content (AvgIpc) is 2.95. The van der Waals surface area contributed by atoms with Crippen molar-refractivity contribution in [2.75, 3.05) is 5.73 Å². The van der Waals surface area contributed by atoms with E-state index < -0.39 is 0 Å². The number of benzene rings is 1. The van der Waals surface area contributed by atoms with Gasteiger partial charge in [-0.3, -0.25) is 0 Å². The summed E-state index contributed by atoms with van der Waals surface area (Å²) in [5.74, 6) is 1.92. The number of nitrogen functional groups attached to an aromatic ring is 1. The molecule has 0 unspecified atom stereocenters. The van der Waals surface area contributed by atoms with Crippen molar-refractivity contribution in [3.8, 4) is 0 Å². The van der Waals surface area contributed by atoms with Gasteiger partial charge in [0.05, 0.1) is 0 Å². The Bertz CT molecular complexity index is 591. The minimum atomic E-state index is -0.240. The zero-order valence-corrected chi connectivity index (χ0v) is 11.2. The fourth-order valence-electron chi connectivity index (χ4n) is 2.69. The van der Waals surface area contributed by atoms with E-state index in [9.17, 15) is 4.39 Å². The molecule has 2 N–H and O–H groups in total. The average molecular weight is 272 g/mol. The molecule has 3 rings (SSSR count). The lowest BCUT2D eigenvalue weighted by Gasteiger charge is -2.09. The summed E-state index contributed by atoms with van der Waals surface area (Å²) in [5, 5.41) is 0. The summed E-state index contributed by atoms with van der Waals surface area (Å²) >= 11 is 0. The Morgan fingerprint density at radius 2 is 1.75 bits per heavy atom. The van der Waals surface area contributed by atoms with Gasteiger partial charge in [-0.1, -0.05) is 25.0 Å². The van der Waals surface area contributed by atoms with Crippen molar-refractivity contribution < 1.29 is 4.39 Å². The summed E-state index contributed by atoms with van der Waals surface area (Å²) in [4.78, 5) is 13.0. The van der Waals surface area contributed by atoms with E-state index in [-0.39, 0.29) is 11.8 Å². The number of hydrogen-bond acceptors (Lipinski definition) is 4. The highest BCUT2D eigenvalue weighted by atomic mass is 19.1. The van der Waals surface area contributed by atoms with Crippen molar-refractivity contribution in [1.82, 2.24) is 15.0 Å². The van der Waals surface area contributed by atoms with Crippen LogP contribution < -0.4 is 5.73 Å². The molecule has 0 amide bonds. The predicted molar refractivity (Wildman–Crippen MR) is 74.7 cm³/mol.